The Labute approximate surface area is 57.7 Å². The molecule has 0 unspecified atom stereocenters. The van der Waals surface area contributed by atoms with E-state index in [2.05, 4.69) is 0 Å². The Kier molecular flexibility index (Phi) is 1.61. The highest BCUT2D eigenvalue weighted by Crippen LogP contribution is 2.09. The van der Waals surface area contributed by atoms with Gasteiger partial charge in [-0.15, -0.1) is 0 Å². The molecule has 1 N–H and O–H groups in total. The summed E-state index contributed by atoms with van der Waals surface area (Å²) in [6.45, 7) is 0. The molecule has 0 spiro atoms. The molecule has 0 atom stereocenters. The van der Waals surface area contributed by atoms with Crippen LogP contribution in [-0.2, 0) is 0 Å². The summed E-state index contributed by atoms with van der Waals surface area (Å²) in [4.78, 5) is 0. The molecule has 0 saturated carbocycles. The molecule has 0 aromatic heterocycles. The number of rotatable bonds is 0. The zero-order chi connectivity index (χ0) is 7.72. The van der Waals surface area contributed by atoms with Crippen LogP contribution in [0.1, 0.15) is 0 Å². The average molecular weight is 142 g/mol. The van der Waals surface area contributed by atoms with Crippen LogP contribution in [-0.4, -0.2) is 13.0 Å². The van der Waals surface area contributed by atoms with Crippen LogP contribution in [0.2, 0.25) is 0 Å². The summed E-state index contributed by atoms with van der Waals surface area (Å²) >= 11 is 0. The Morgan fingerprint density at radius 2 is 1.70 bits per heavy atom. The number of hydrogen-bond acceptors (Lipinski definition) is 1. The molecular formula is C6H5BF2O. The van der Waals surface area contributed by atoms with Crippen molar-refractivity contribution in [3.05, 3.63) is 23.8 Å². The molecule has 0 aliphatic carbocycles. The molecule has 0 bridgehead atoms. The Balaban J connectivity index is 3.28. The standard InChI is InChI=1S/C6H5BF2O/c7-3-1-4(8)5(9)2-6(3)10/h1-2,10H,7H2. The van der Waals surface area contributed by atoms with E-state index in [9.17, 15) is 8.78 Å². The van der Waals surface area contributed by atoms with E-state index < -0.39 is 11.6 Å². The largest absolute Gasteiger partial charge is 0.508 e. The van der Waals surface area contributed by atoms with E-state index in [1.165, 1.54) is 7.85 Å². The molecule has 1 aromatic rings. The van der Waals surface area contributed by atoms with Gasteiger partial charge in [-0.2, -0.15) is 0 Å². The smallest absolute Gasteiger partial charge is 0.162 e. The molecule has 1 rings (SSSR count). The first-order valence-electron chi connectivity index (χ1n) is 2.76. The van der Waals surface area contributed by atoms with Gasteiger partial charge in [-0.05, 0) is 11.5 Å². The van der Waals surface area contributed by atoms with Gasteiger partial charge in [0, 0.05) is 6.07 Å². The number of hydrogen-bond donors (Lipinski definition) is 1. The first-order valence-corrected chi connectivity index (χ1v) is 2.76. The van der Waals surface area contributed by atoms with Crippen LogP contribution in [0.25, 0.3) is 0 Å². The predicted octanol–water partition coefficient (Wildman–Crippen LogP) is -0.0712. The highest BCUT2D eigenvalue weighted by molar-refractivity contribution is 6.34. The van der Waals surface area contributed by atoms with Crippen molar-refractivity contribution in [2.24, 2.45) is 0 Å². The normalized spacial score (nSPS) is 9.80. The van der Waals surface area contributed by atoms with Crippen LogP contribution in [0, 0.1) is 11.6 Å². The van der Waals surface area contributed by atoms with Crippen LogP contribution < -0.4 is 5.46 Å². The van der Waals surface area contributed by atoms with Crippen molar-refractivity contribution in [3.63, 3.8) is 0 Å². The fourth-order valence-corrected chi connectivity index (χ4v) is 0.636. The second-order valence-corrected chi connectivity index (χ2v) is 2.05. The molecule has 1 aromatic carbocycles. The van der Waals surface area contributed by atoms with Crippen molar-refractivity contribution in [1.29, 1.82) is 0 Å². The van der Waals surface area contributed by atoms with E-state index in [-0.39, 0.29) is 5.75 Å². The highest BCUT2D eigenvalue weighted by Gasteiger charge is 2.03. The van der Waals surface area contributed by atoms with Crippen LogP contribution >= 0.6 is 0 Å². The van der Waals surface area contributed by atoms with Gasteiger partial charge < -0.3 is 5.11 Å². The van der Waals surface area contributed by atoms with Crippen molar-refractivity contribution in [2.75, 3.05) is 0 Å². The third-order valence-corrected chi connectivity index (χ3v) is 1.24. The Hall–Kier alpha value is -1.06. The lowest BCUT2D eigenvalue weighted by molar-refractivity contribution is 0.459. The fourth-order valence-electron chi connectivity index (χ4n) is 0.636. The van der Waals surface area contributed by atoms with Gasteiger partial charge in [-0.3, -0.25) is 0 Å². The predicted molar refractivity (Wildman–Crippen MR) is 36.2 cm³/mol. The monoisotopic (exact) mass is 142 g/mol. The SMILES string of the molecule is Bc1cc(F)c(F)cc1O. The fraction of sp³-hybridized carbons (Fsp3) is 0. The Morgan fingerprint density at radius 1 is 1.20 bits per heavy atom. The molecule has 0 aliphatic rings. The van der Waals surface area contributed by atoms with E-state index in [1.54, 1.807) is 0 Å². The van der Waals surface area contributed by atoms with E-state index in [1.807, 2.05) is 0 Å². The van der Waals surface area contributed by atoms with Crippen LogP contribution in [0.4, 0.5) is 8.78 Å². The molecular weight excluding hydrogens is 137 g/mol. The third-order valence-electron chi connectivity index (χ3n) is 1.24. The molecule has 0 radical (unpaired) electrons. The summed E-state index contributed by atoms with van der Waals surface area (Å²) in [5.41, 5.74) is 0.332. The quantitative estimate of drug-likeness (QED) is 0.502. The lowest BCUT2D eigenvalue weighted by Gasteiger charge is -1.97. The number of halogens is 2. The van der Waals surface area contributed by atoms with Crippen molar-refractivity contribution < 1.29 is 13.9 Å². The van der Waals surface area contributed by atoms with Crippen molar-refractivity contribution in [2.45, 2.75) is 0 Å². The van der Waals surface area contributed by atoms with Gasteiger partial charge in [0.2, 0.25) is 0 Å². The van der Waals surface area contributed by atoms with Gasteiger partial charge in [-0.1, -0.05) is 0 Å². The van der Waals surface area contributed by atoms with Crippen molar-refractivity contribution >= 4 is 13.3 Å². The van der Waals surface area contributed by atoms with Gasteiger partial charge in [0.1, 0.15) is 13.6 Å². The lowest BCUT2D eigenvalue weighted by atomic mass is 9.95. The molecule has 52 valence electrons. The highest BCUT2D eigenvalue weighted by atomic mass is 19.2. The molecule has 10 heavy (non-hydrogen) atoms. The number of phenolic OH excluding ortho intramolecular Hbond substituents is 1. The third kappa shape index (κ3) is 1.10. The molecule has 0 aliphatic heterocycles. The first-order chi connectivity index (χ1) is 4.61. The number of phenols is 1. The minimum absolute atomic E-state index is 0.223. The van der Waals surface area contributed by atoms with E-state index in [4.69, 9.17) is 5.11 Å². The van der Waals surface area contributed by atoms with Gasteiger partial charge in [0.15, 0.2) is 11.6 Å². The molecule has 0 fully saturated rings. The van der Waals surface area contributed by atoms with E-state index in [0.717, 1.165) is 12.1 Å². The maximum absolute atomic E-state index is 12.3. The minimum atomic E-state index is -1.02. The molecule has 0 heterocycles. The summed E-state index contributed by atoms with van der Waals surface area (Å²) in [7, 11) is 1.50. The number of aromatic hydroxyl groups is 1. The van der Waals surface area contributed by atoms with Crippen molar-refractivity contribution in [1.82, 2.24) is 0 Å². The topological polar surface area (TPSA) is 20.2 Å². The summed E-state index contributed by atoms with van der Waals surface area (Å²) in [6, 6.07) is 1.70. The van der Waals surface area contributed by atoms with Crippen LogP contribution in [0.5, 0.6) is 5.75 Å². The van der Waals surface area contributed by atoms with Gasteiger partial charge in [0.05, 0.1) is 0 Å². The first kappa shape index (κ1) is 7.06. The molecule has 4 heteroatoms. The molecule has 0 saturated heterocycles. The average Bonchev–Trinajstić information content (AvgIpc) is 1.84. The molecule has 0 amide bonds. The lowest BCUT2D eigenvalue weighted by Crippen LogP contribution is -2.04. The molecule has 1 nitrogen and oxygen atoms in total. The van der Waals surface area contributed by atoms with Gasteiger partial charge in [0.25, 0.3) is 0 Å². The van der Waals surface area contributed by atoms with E-state index >= 15 is 0 Å². The van der Waals surface area contributed by atoms with Gasteiger partial charge >= 0.3 is 0 Å². The number of benzene rings is 1. The summed E-state index contributed by atoms with van der Waals surface area (Å²) < 4.78 is 24.5. The Morgan fingerprint density at radius 3 is 2.20 bits per heavy atom. The maximum atomic E-state index is 12.3. The zero-order valence-electron chi connectivity index (χ0n) is 5.36. The maximum Gasteiger partial charge on any atom is 0.162 e. The van der Waals surface area contributed by atoms with Gasteiger partial charge in [-0.25, -0.2) is 8.78 Å². The minimum Gasteiger partial charge on any atom is -0.508 e. The summed E-state index contributed by atoms with van der Waals surface area (Å²) in [5, 5.41) is 8.82. The van der Waals surface area contributed by atoms with Crippen LogP contribution in [0.15, 0.2) is 12.1 Å². The zero-order valence-corrected chi connectivity index (χ0v) is 5.36. The Bertz CT molecular complexity index is 212. The summed E-state index contributed by atoms with van der Waals surface area (Å²) in [6.07, 6.45) is 0. The second kappa shape index (κ2) is 2.29. The summed E-state index contributed by atoms with van der Waals surface area (Å²) in [5.74, 6) is -2.18. The second-order valence-electron chi connectivity index (χ2n) is 2.05. The van der Waals surface area contributed by atoms with Crippen LogP contribution in [0.3, 0.4) is 0 Å². The van der Waals surface area contributed by atoms with Crippen molar-refractivity contribution in [3.8, 4) is 5.75 Å². The van der Waals surface area contributed by atoms with E-state index in [0.29, 0.717) is 5.46 Å².